The second-order valence-electron chi connectivity index (χ2n) is 4.74. The summed E-state index contributed by atoms with van der Waals surface area (Å²) in [5.41, 5.74) is 0.551. The average molecular weight is 278 g/mol. The van der Waals surface area contributed by atoms with Crippen molar-refractivity contribution in [2.24, 2.45) is 0 Å². The summed E-state index contributed by atoms with van der Waals surface area (Å²) in [6, 6.07) is 7.19. The van der Waals surface area contributed by atoms with E-state index in [0.29, 0.717) is 18.5 Å². The van der Waals surface area contributed by atoms with E-state index in [1.165, 1.54) is 0 Å². The van der Waals surface area contributed by atoms with Crippen molar-refractivity contribution in [3.8, 4) is 0 Å². The van der Waals surface area contributed by atoms with Gasteiger partial charge in [0.15, 0.2) is 6.04 Å². The number of benzene rings is 1. The molecule has 1 amide bonds. The Balaban J connectivity index is 2.02. The third-order valence-corrected chi connectivity index (χ3v) is 3.41. The molecule has 1 aromatic rings. The van der Waals surface area contributed by atoms with Crippen LogP contribution >= 0.6 is 0 Å². The molecule has 108 valence electrons. The fraction of sp³-hybridized carbons (Fsp3) is 0.429. The standard InChI is InChI=1S/C14H18N2O4/c1-20-10-7-11(15-8-10)13(17)16-12(14(18)19)9-5-3-2-4-6-9/h2-6,10-12,15H,7-8H2,1H3,(H,16,17)(H,18,19)/t10?,11?,12-/m1/s1. The summed E-state index contributed by atoms with van der Waals surface area (Å²) in [7, 11) is 1.59. The van der Waals surface area contributed by atoms with Crippen molar-refractivity contribution in [1.82, 2.24) is 10.6 Å². The summed E-state index contributed by atoms with van der Waals surface area (Å²) in [4.78, 5) is 23.4. The SMILES string of the molecule is COC1CNC(C(=O)N[C@@H](C(=O)O)c2ccccc2)C1. The molecule has 0 aromatic heterocycles. The number of hydrogen-bond donors (Lipinski definition) is 3. The van der Waals surface area contributed by atoms with E-state index in [1.807, 2.05) is 0 Å². The fourth-order valence-electron chi connectivity index (χ4n) is 2.26. The van der Waals surface area contributed by atoms with Crippen LogP contribution in [0.3, 0.4) is 0 Å². The molecule has 0 saturated carbocycles. The van der Waals surface area contributed by atoms with Crippen LogP contribution < -0.4 is 10.6 Å². The van der Waals surface area contributed by atoms with Crippen LogP contribution in [0.4, 0.5) is 0 Å². The number of carboxylic acid groups (broad SMARTS) is 1. The molecule has 1 aliphatic rings. The van der Waals surface area contributed by atoms with Gasteiger partial charge in [-0.15, -0.1) is 0 Å². The lowest BCUT2D eigenvalue weighted by Crippen LogP contribution is -2.44. The van der Waals surface area contributed by atoms with E-state index in [0.717, 1.165) is 0 Å². The smallest absolute Gasteiger partial charge is 0.330 e. The maximum atomic E-state index is 12.1. The first kappa shape index (κ1) is 14.5. The molecule has 1 fully saturated rings. The molecule has 1 heterocycles. The number of amides is 1. The van der Waals surface area contributed by atoms with Gasteiger partial charge in [0.2, 0.25) is 5.91 Å². The van der Waals surface area contributed by atoms with Crippen LogP contribution in [0, 0.1) is 0 Å². The number of aliphatic carboxylic acids is 1. The molecular formula is C14H18N2O4. The zero-order valence-electron chi connectivity index (χ0n) is 11.2. The number of hydrogen-bond acceptors (Lipinski definition) is 4. The highest BCUT2D eigenvalue weighted by Crippen LogP contribution is 2.15. The molecule has 0 bridgehead atoms. The highest BCUT2D eigenvalue weighted by atomic mass is 16.5. The summed E-state index contributed by atoms with van der Waals surface area (Å²) in [6.07, 6.45) is 0.537. The van der Waals surface area contributed by atoms with Gasteiger partial charge in [0.05, 0.1) is 12.1 Å². The van der Waals surface area contributed by atoms with E-state index >= 15 is 0 Å². The van der Waals surface area contributed by atoms with Gasteiger partial charge in [0.25, 0.3) is 0 Å². The minimum Gasteiger partial charge on any atom is -0.479 e. The van der Waals surface area contributed by atoms with Crippen LogP contribution in [0.25, 0.3) is 0 Å². The maximum absolute atomic E-state index is 12.1. The molecule has 0 radical (unpaired) electrons. The molecule has 20 heavy (non-hydrogen) atoms. The molecule has 1 saturated heterocycles. The van der Waals surface area contributed by atoms with E-state index in [4.69, 9.17) is 4.74 Å². The summed E-state index contributed by atoms with van der Waals surface area (Å²) in [5, 5.41) is 14.8. The lowest BCUT2D eigenvalue weighted by molar-refractivity contribution is -0.142. The van der Waals surface area contributed by atoms with Gasteiger partial charge in [0, 0.05) is 13.7 Å². The van der Waals surface area contributed by atoms with Crippen LogP contribution in [0.5, 0.6) is 0 Å². The van der Waals surface area contributed by atoms with Gasteiger partial charge in [-0.3, -0.25) is 4.79 Å². The largest absolute Gasteiger partial charge is 0.479 e. The van der Waals surface area contributed by atoms with Gasteiger partial charge in [-0.1, -0.05) is 30.3 Å². The second-order valence-corrected chi connectivity index (χ2v) is 4.74. The third kappa shape index (κ3) is 3.34. The highest BCUT2D eigenvalue weighted by molar-refractivity contribution is 5.87. The highest BCUT2D eigenvalue weighted by Gasteiger charge is 2.32. The number of nitrogens with one attached hydrogen (secondary N) is 2. The zero-order chi connectivity index (χ0) is 14.5. The molecule has 2 rings (SSSR count). The van der Waals surface area contributed by atoms with Crippen molar-refractivity contribution < 1.29 is 19.4 Å². The normalized spacial score (nSPS) is 23.2. The minimum absolute atomic E-state index is 0.00856. The van der Waals surface area contributed by atoms with Gasteiger partial charge in [0.1, 0.15) is 0 Å². The predicted octanol–water partition coefficient (Wildman–Crippen LogP) is 0.305. The molecule has 3 N–H and O–H groups in total. The molecule has 0 spiro atoms. The number of methoxy groups -OCH3 is 1. The number of carboxylic acids is 1. The molecule has 3 atom stereocenters. The van der Waals surface area contributed by atoms with Crippen molar-refractivity contribution in [1.29, 1.82) is 0 Å². The van der Waals surface area contributed by atoms with Crippen LogP contribution in [0.15, 0.2) is 30.3 Å². The Hall–Kier alpha value is -1.92. The van der Waals surface area contributed by atoms with Gasteiger partial charge in [-0.05, 0) is 12.0 Å². The second kappa shape index (κ2) is 6.49. The summed E-state index contributed by atoms with van der Waals surface area (Å²) < 4.78 is 5.17. The van der Waals surface area contributed by atoms with Crippen LogP contribution in [-0.4, -0.2) is 42.8 Å². The van der Waals surface area contributed by atoms with Crippen molar-refractivity contribution in [3.63, 3.8) is 0 Å². The summed E-state index contributed by atoms with van der Waals surface area (Å²) in [6.45, 7) is 0.595. The van der Waals surface area contributed by atoms with Crippen LogP contribution in [-0.2, 0) is 14.3 Å². The molecule has 2 unspecified atom stereocenters. The zero-order valence-corrected chi connectivity index (χ0v) is 11.2. The Morgan fingerprint density at radius 2 is 2.10 bits per heavy atom. The van der Waals surface area contributed by atoms with E-state index < -0.39 is 18.1 Å². The van der Waals surface area contributed by atoms with Crippen LogP contribution in [0.2, 0.25) is 0 Å². The minimum atomic E-state index is -1.08. The van der Waals surface area contributed by atoms with E-state index in [1.54, 1.807) is 37.4 Å². The van der Waals surface area contributed by atoms with Crippen molar-refractivity contribution in [2.45, 2.75) is 24.6 Å². The lowest BCUT2D eigenvalue weighted by Gasteiger charge is -2.17. The molecule has 1 aromatic carbocycles. The number of rotatable bonds is 5. The third-order valence-electron chi connectivity index (χ3n) is 3.41. The van der Waals surface area contributed by atoms with Crippen molar-refractivity contribution >= 4 is 11.9 Å². The number of carbonyl (C=O) groups excluding carboxylic acids is 1. The van der Waals surface area contributed by atoms with E-state index in [9.17, 15) is 14.7 Å². The van der Waals surface area contributed by atoms with E-state index in [2.05, 4.69) is 10.6 Å². The summed E-state index contributed by atoms with van der Waals surface area (Å²) in [5.74, 6) is -1.40. The fourth-order valence-corrected chi connectivity index (χ4v) is 2.26. The Morgan fingerprint density at radius 3 is 2.65 bits per heavy atom. The van der Waals surface area contributed by atoms with Crippen molar-refractivity contribution in [3.05, 3.63) is 35.9 Å². The monoisotopic (exact) mass is 278 g/mol. The van der Waals surface area contributed by atoms with Crippen LogP contribution in [0.1, 0.15) is 18.0 Å². The first-order chi connectivity index (χ1) is 9.61. The quantitative estimate of drug-likeness (QED) is 0.721. The molecular weight excluding hydrogens is 260 g/mol. The van der Waals surface area contributed by atoms with Crippen molar-refractivity contribution in [2.75, 3.05) is 13.7 Å². The lowest BCUT2D eigenvalue weighted by atomic mass is 10.1. The maximum Gasteiger partial charge on any atom is 0.330 e. The summed E-state index contributed by atoms with van der Waals surface area (Å²) >= 11 is 0. The molecule has 6 nitrogen and oxygen atoms in total. The van der Waals surface area contributed by atoms with Gasteiger partial charge >= 0.3 is 5.97 Å². The molecule has 0 aliphatic carbocycles. The first-order valence-corrected chi connectivity index (χ1v) is 6.46. The Morgan fingerprint density at radius 1 is 1.40 bits per heavy atom. The van der Waals surface area contributed by atoms with E-state index in [-0.39, 0.29) is 12.0 Å². The number of ether oxygens (including phenoxy) is 1. The molecule has 6 heteroatoms. The van der Waals surface area contributed by atoms with Gasteiger partial charge in [-0.25, -0.2) is 4.79 Å². The topological polar surface area (TPSA) is 87.7 Å². The average Bonchev–Trinajstić information content (AvgIpc) is 2.94. The van der Waals surface area contributed by atoms with Gasteiger partial charge < -0.3 is 20.5 Å². The Kier molecular flexibility index (Phi) is 4.70. The number of carbonyl (C=O) groups is 2. The Labute approximate surface area is 117 Å². The predicted molar refractivity (Wildman–Crippen MR) is 72.2 cm³/mol. The first-order valence-electron chi connectivity index (χ1n) is 6.46. The molecule has 1 aliphatic heterocycles. The van der Waals surface area contributed by atoms with Gasteiger partial charge in [-0.2, -0.15) is 0 Å². The Bertz CT molecular complexity index is 477.